The number of hydrogen-bond donors (Lipinski definition) is 0. The zero-order valence-electron chi connectivity index (χ0n) is 15.9. The van der Waals surface area contributed by atoms with Crippen molar-refractivity contribution in [3.8, 4) is 11.5 Å². The van der Waals surface area contributed by atoms with Gasteiger partial charge in [-0.25, -0.2) is 0 Å². The average molecular weight is 354 g/mol. The van der Waals surface area contributed by atoms with Gasteiger partial charge in [-0.05, 0) is 75.7 Å². The quantitative estimate of drug-likeness (QED) is 0.572. The zero-order valence-corrected chi connectivity index (χ0v) is 15.9. The van der Waals surface area contributed by atoms with E-state index in [1.807, 2.05) is 18.2 Å². The van der Waals surface area contributed by atoms with E-state index in [4.69, 9.17) is 9.47 Å². The van der Waals surface area contributed by atoms with Crippen molar-refractivity contribution in [2.24, 2.45) is 0 Å². The van der Waals surface area contributed by atoms with Crippen LogP contribution in [0.1, 0.15) is 27.8 Å². The molecule has 1 aliphatic rings. The highest BCUT2D eigenvalue weighted by Crippen LogP contribution is 2.50. The number of hydrogen-bond acceptors (Lipinski definition) is 2. The lowest BCUT2D eigenvalue weighted by Gasteiger charge is -2.11. The molecule has 4 rings (SSSR count). The lowest BCUT2D eigenvalue weighted by atomic mass is 9.93. The first-order valence-electron chi connectivity index (χ1n) is 8.97. The van der Waals surface area contributed by atoms with Gasteiger partial charge in [0.05, 0.1) is 14.2 Å². The molecule has 27 heavy (non-hydrogen) atoms. The molecule has 3 aromatic rings. The van der Waals surface area contributed by atoms with Gasteiger partial charge >= 0.3 is 0 Å². The lowest BCUT2D eigenvalue weighted by molar-refractivity contribution is 0.414. The molecule has 0 amide bonds. The predicted octanol–water partition coefficient (Wildman–Crippen LogP) is 6.00. The van der Waals surface area contributed by atoms with Crippen molar-refractivity contribution in [3.63, 3.8) is 0 Å². The van der Waals surface area contributed by atoms with E-state index in [9.17, 15) is 0 Å². The van der Waals surface area contributed by atoms with Crippen molar-refractivity contribution in [1.29, 1.82) is 0 Å². The first-order chi connectivity index (χ1) is 13.1. The molecule has 0 aliphatic heterocycles. The SMILES string of the molecule is C=C1C(c2ccc(OC)cc2)=C(c2ccccc2)c2cc(OC)cc(C)c21. The summed E-state index contributed by atoms with van der Waals surface area (Å²) in [5.41, 5.74) is 9.26. The van der Waals surface area contributed by atoms with E-state index in [1.165, 1.54) is 27.8 Å². The second-order valence-corrected chi connectivity index (χ2v) is 6.69. The molecule has 2 heteroatoms. The molecule has 0 atom stereocenters. The van der Waals surface area contributed by atoms with Crippen LogP contribution in [0.3, 0.4) is 0 Å². The monoisotopic (exact) mass is 354 g/mol. The van der Waals surface area contributed by atoms with Gasteiger partial charge in [0.25, 0.3) is 0 Å². The third-order valence-corrected chi connectivity index (χ3v) is 5.11. The van der Waals surface area contributed by atoms with Crippen molar-refractivity contribution in [2.45, 2.75) is 6.92 Å². The van der Waals surface area contributed by atoms with Crippen LogP contribution in [0.5, 0.6) is 11.5 Å². The Bertz CT molecular complexity index is 1040. The standard InChI is InChI=1S/C25H22O2/c1-16-14-21(27-4)15-22-23(16)17(2)24(19-10-12-20(26-3)13-11-19)25(22)18-8-6-5-7-9-18/h5-15H,2H2,1,3-4H3. The van der Waals surface area contributed by atoms with Gasteiger partial charge in [-0.15, -0.1) is 0 Å². The Kier molecular flexibility index (Phi) is 4.33. The number of methoxy groups -OCH3 is 2. The molecular formula is C25H22O2. The van der Waals surface area contributed by atoms with Crippen LogP contribution >= 0.6 is 0 Å². The molecule has 0 radical (unpaired) electrons. The summed E-state index contributed by atoms with van der Waals surface area (Å²) in [7, 11) is 3.39. The molecule has 0 saturated carbocycles. The molecule has 0 N–H and O–H groups in total. The van der Waals surface area contributed by atoms with Crippen LogP contribution < -0.4 is 9.47 Å². The van der Waals surface area contributed by atoms with E-state index in [1.54, 1.807) is 14.2 Å². The first kappa shape index (κ1) is 17.2. The third-order valence-electron chi connectivity index (χ3n) is 5.11. The minimum absolute atomic E-state index is 0.847. The van der Waals surface area contributed by atoms with Crippen LogP contribution in [-0.4, -0.2) is 14.2 Å². The highest BCUT2D eigenvalue weighted by atomic mass is 16.5. The van der Waals surface area contributed by atoms with Crippen LogP contribution in [0.4, 0.5) is 0 Å². The summed E-state index contributed by atoms with van der Waals surface area (Å²) in [5.74, 6) is 1.71. The lowest BCUT2D eigenvalue weighted by Crippen LogP contribution is -1.93. The Morgan fingerprint density at radius 2 is 1.33 bits per heavy atom. The van der Waals surface area contributed by atoms with Gasteiger partial charge in [-0.3, -0.25) is 0 Å². The molecule has 0 unspecified atom stereocenters. The summed E-state index contributed by atoms with van der Waals surface area (Å²) in [6, 6.07) is 22.9. The average Bonchev–Trinajstić information content (AvgIpc) is 3.01. The maximum atomic E-state index is 5.54. The highest BCUT2D eigenvalue weighted by Gasteiger charge is 2.29. The fourth-order valence-corrected chi connectivity index (χ4v) is 3.86. The molecule has 2 nitrogen and oxygen atoms in total. The normalized spacial score (nSPS) is 12.9. The van der Waals surface area contributed by atoms with Gasteiger partial charge < -0.3 is 9.47 Å². The molecule has 0 saturated heterocycles. The van der Waals surface area contributed by atoms with Crippen LogP contribution in [0.2, 0.25) is 0 Å². The molecule has 1 aliphatic carbocycles. The summed E-state index contributed by atoms with van der Waals surface area (Å²) in [6.07, 6.45) is 0. The Labute approximate surface area is 160 Å². The number of fused-ring (bicyclic) bond motifs is 1. The fraction of sp³-hybridized carbons (Fsp3) is 0.120. The molecule has 0 spiro atoms. The Morgan fingerprint density at radius 3 is 1.96 bits per heavy atom. The molecule has 0 aromatic heterocycles. The first-order valence-corrected chi connectivity index (χ1v) is 8.97. The zero-order chi connectivity index (χ0) is 19.0. The summed E-state index contributed by atoms with van der Waals surface area (Å²) < 4.78 is 10.9. The van der Waals surface area contributed by atoms with Crippen LogP contribution in [0.15, 0.2) is 73.3 Å². The number of aryl methyl sites for hydroxylation is 1. The van der Waals surface area contributed by atoms with E-state index in [0.29, 0.717) is 0 Å². The maximum Gasteiger partial charge on any atom is 0.119 e. The molecule has 3 aromatic carbocycles. The van der Waals surface area contributed by atoms with E-state index < -0.39 is 0 Å². The second-order valence-electron chi connectivity index (χ2n) is 6.69. The second kappa shape index (κ2) is 6.81. The van der Waals surface area contributed by atoms with Gasteiger partial charge in [0.15, 0.2) is 0 Å². The molecule has 0 fully saturated rings. The van der Waals surface area contributed by atoms with Crippen LogP contribution in [0, 0.1) is 6.92 Å². The van der Waals surface area contributed by atoms with Crippen LogP contribution in [0.25, 0.3) is 16.7 Å². The van der Waals surface area contributed by atoms with Crippen molar-refractivity contribution < 1.29 is 9.47 Å². The highest BCUT2D eigenvalue weighted by molar-refractivity contribution is 6.24. The predicted molar refractivity (Wildman–Crippen MR) is 112 cm³/mol. The summed E-state index contributed by atoms with van der Waals surface area (Å²) in [6.45, 7) is 6.58. The number of benzene rings is 3. The van der Waals surface area contributed by atoms with Gasteiger partial charge in [0, 0.05) is 0 Å². The van der Waals surface area contributed by atoms with Gasteiger partial charge in [-0.2, -0.15) is 0 Å². The summed E-state index contributed by atoms with van der Waals surface area (Å²) in [4.78, 5) is 0. The van der Waals surface area contributed by atoms with Gasteiger partial charge in [0.2, 0.25) is 0 Å². The number of rotatable bonds is 4. The largest absolute Gasteiger partial charge is 0.497 e. The minimum Gasteiger partial charge on any atom is -0.497 e. The number of allylic oxidation sites excluding steroid dienone is 2. The Hall–Kier alpha value is -3.26. The van der Waals surface area contributed by atoms with E-state index in [0.717, 1.165) is 28.2 Å². The number of ether oxygens (including phenoxy) is 2. The smallest absolute Gasteiger partial charge is 0.119 e. The molecule has 134 valence electrons. The molecule has 0 bridgehead atoms. The Balaban J connectivity index is 2.01. The van der Waals surface area contributed by atoms with Crippen LogP contribution in [-0.2, 0) is 0 Å². The molecular weight excluding hydrogens is 332 g/mol. The Morgan fingerprint density at radius 1 is 0.704 bits per heavy atom. The van der Waals surface area contributed by atoms with Crippen molar-refractivity contribution in [2.75, 3.05) is 14.2 Å². The van der Waals surface area contributed by atoms with Crippen molar-refractivity contribution in [3.05, 3.63) is 101 Å². The van der Waals surface area contributed by atoms with Crippen molar-refractivity contribution >= 4 is 16.7 Å². The summed E-state index contributed by atoms with van der Waals surface area (Å²) in [5, 5.41) is 0. The van der Waals surface area contributed by atoms with E-state index in [2.05, 4.69) is 62.0 Å². The van der Waals surface area contributed by atoms with Crippen molar-refractivity contribution in [1.82, 2.24) is 0 Å². The summed E-state index contributed by atoms with van der Waals surface area (Å²) >= 11 is 0. The van der Waals surface area contributed by atoms with E-state index >= 15 is 0 Å². The van der Waals surface area contributed by atoms with Gasteiger partial charge in [0.1, 0.15) is 11.5 Å². The third kappa shape index (κ3) is 2.83. The van der Waals surface area contributed by atoms with Gasteiger partial charge in [-0.1, -0.05) is 49.0 Å². The fourth-order valence-electron chi connectivity index (χ4n) is 3.86. The minimum atomic E-state index is 0.847. The topological polar surface area (TPSA) is 18.5 Å². The van der Waals surface area contributed by atoms with E-state index in [-0.39, 0.29) is 0 Å². The maximum absolute atomic E-state index is 5.54. The molecule has 0 heterocycles.